The van der Waals surface area contributed by atoms with Crippen molar-refractivity contribution in [3.63, 3.8) is 0 Å². The molecule has 1 aromatic carbocycles. The van der Waals surface area contributed by atoms with Gasteiger partial charge in [0.15, 0.2) is 0 Å². The highest BCUT2D eigenvalue weighted by Crippen LogP contribution is 2.37. The molecule has 0 bridgehead atoms. The molecule has 0 spiro atoms. The van der Waals surface area contributed by atoms with Gasteiger partial charge in [0, 0.05) is 25.3 Å². The zero-order valence-electron chi connectivity index (χ0n) is 11.2. The van der Waals surface area contributed by atoms with Crippen molar-refractivity contribution in [1.82, 2.24) is 5.32 Å². The highest BCUT2D eigenvalue weighted by Gasteiger charge is 2.31. The number of rotatable bonds is 3. The molecular weight excluding hydrogens is 222 g/mol. The molecule has 18 heavy (non-hydrogen) atoms. The molecule has 98 valence electrons. The smallest absolute Gasteiger partial charge is 0.0480 e. The van der Waals surface area contributed by atoms with E-state index < -0.39 is 0 Å². The summed E-state index contributed by atoms with van der Waals surface area (Å²) in [6.07, 6.45) is 4.98. The molecule has 2 heteroatoms. The van der Waals surface area contributed by atoms with Crippen molar-refractivity contribution >= 4 is 0 Å². The van der Waals surface area contributed by atoms with Crippen LogP contribution in [0.5, 0.6) is 0 Å². The Morgan fingerprint density at radius 3 is 2.33 bits per heavy atom. The van der Waals surface area contributed by atoms with Gasteiger partial charge in [-0.25, -0.2) is 0 Å². The Hall–Kier alpha value is -0.860. The second-order valence-electron chi connectivity index (χ2n) is 5.83. The Labute approximate surface area is 110 Å². The monoisotopic (exact) mass is 245 g/mol. The van der Waals surface area contributed by atoms with Gasteiger partial charge in [-0.1, -0.05) is 29.8 Å². The maximum atomic E-state index is 5.39. The molecule has 0 atom stereocenters. The van der Waals surface area contributed by atoms with E-state index in [0.29, 0.717) is 6.04 Å². The lowest BCUT2D eigenvalue weighted by Crippen LogP contribution is -2.47. The molecular formula is C16H23NO. The van der Waals surface area contributed by atoms with Crippen molar-refractivity contribution in [2.45, 2.75) is 50.6 Å². The average Bonchev–Trinajstić information content (AvgIpc) is 2.36. The summed E-state index contributed by atoms with van der Waals surface area (Å²) in [6.45, 7) is 4.03. The lowest BCUT2D eigenvalue weighted by Gasteiger charge is -2.39. The van der Waals surface area contributed by atoms with Crippen molar-refractivity contribution in [1.29, 1.82) is 0 Å². The van der Waals surface area contributed by atoms with Gasteiger partial charge in [0.1, 0.15) is 0 Å². The summed E-state index contributed by atoms with van der Waals surface area (Å²) in [7, 11) is 0. The predicted molar refractivity (Wildman–Crippen MR) is 73.9 cm³/mol. The van der Waals surface area contributed by atoms with Crippen LogP contribution >= 0.6 is 0 Å². The van der Waals surface area contributed by atoms with Crippen LogP contribution in [-0.2, 0) is 4.74 Å². The molecule has 3 rings (SSSR count). The molecule has 1 aromatic rings. The highest BCUT2D eigenvalue weighted by molar-refractivity contribution is 5.26. The third-order valence-corrected chi connectivity index (χ3v) is 4.38. The third kappa shape index (κ3) is 2.76. The van der Waals surface area contributed by atoms with E-state index in [1.165, 1.54) is 36.8 Å². The number of benzene rings is 1. The van der Waals surface area contributed by atoms with Crippen LogP contribution in [0, 0.1) is 6.92 Å². The van der Waals surface area contributed by atoms with Crippen molar-refractivity contribution in [2.24, 2.45) is 0 Å². The van der Waals surface area contributed by atoms with Gasteiger partial charge in [-0.15, -0.1) is 0 Å². The van der Waals surface area contributed by atoms with E-state index in [2.05, 4.69) is 36.5 Å². The van der Waals surface area contributed by atoms with Crippen molar-refractivity contribution < 1.29 is 4.74 Å². The highest BCUT2D eigenvalue weighted by atomic mass is 16.5. The van der Waals surface area contributed by atoms with Gasteiger partial charge >= 0.3 is 0 Å². The lowest BCUT2D eigenvalue weighted by molar-refractivity contribution is 0.0698. The summed E-state index contributed by atoms with van der Waals surface area (Å²) in [5.74, 6) is 0.781. The maximum absolute atomic E-state index is 5.39. The van der Waals surface area contributed by atoms with E-state index in [4.69, 9.17) is 4.74 Å². The summed E-state index contributed by atoms with van der Waals surface area (Å²) < 4.78 is 5.39. The first-order valence-electron chi connectivity index (χ1n) is 7.21. The van der Waals surface area contributed by atoms with E-state index in [1.54, 1.807) is 0 Å². The van der Waals surface area contributed by atoms with Gasteiger partial charge in [-0.3, -0.25) is 0 Å². The number of nitrogens with one attached hydrogen (secondary N) is 1. The van der Waals surface area contributed by atoms with Crippen molar-refractivity contribution in [3.05, 3.63) is 35.4 Å². The Morgan fingerprint density at radius 1 is 1.00 bits per heavy atom. The Morgan fingerprint density at radius 2 is 1.67 bits per heavy atom. The predicted octanol–water partition coefficient (Wildman–Crippen LogP) is 3.01. The number of ether oxygens (including phenoxy) is 1. The standard InChI is InChI=1S/C16H23NO/c1-12-2-4-13(5-3-12)14-10-16(11-14)17-15-6-8-18-9-7-15/h2-5,14-17H,6-11H2,1H3. The summed E-state index contributed by atoms with van der Waals surface area (Å²) in [4.78, 5) is 0. The molecule has 1 saturated heterocycles. The summed E-state index contributed by atoms with van der Waals surface area (Å²) in [5.41, 5.74) is 2.88. The van der Waals surface area contributed by atoms with Gasteiger partial charge in [0.2, 0.25) is 0 Å². The van der Waals surface area contributed by atoms with Crippen LogP contribution in [0.1, 0.15) is 42.7 Å². The quantitative estimate of drug-likeness (QED) is 0.884. The Bertz CT molecular complexity index is 375. The van der Waals surface area contributed by atoms with Gasteiger partial charge < -0.3 is 10.1 Å². The van der Waals surface area contributed by atoms with Crippen LogP contribution < -0.4 is 5.32 Å². The van der Waals surface area contributed by atoms with Crippen LogP contribution in [-0.4, -0.2) is 25.3 Å². The van der Waals surface area contributed by atoms with E-state index in [0.717, 1.165) is 25.2 Å². The maximum Gasteiger partial charge on any atom is 0.0480 e. The molecule has 0 amide bonds. The number of hydrogen-bond acceptors (Lipinski definition) is 2. The van der Waals surface area contributed by atoms with Crippen molar-refractivity contribution in [3.8, 4) is 0 Å². The van der Waals surface area contributed by atoms with Crippen molar-refractivity contribution in [2.75, 3.05) is 13.2 Å². The SMILES string of the molecule is Cc1ccc(C2CC(NC3CCOCC3)C2)cc1. The third-order valence-electron chi connectivity index (χ3n) is 4.38. The molecule has 2 aliphatic rings. The van der Waals surface area contributed by atoms with E-state index in [-0.39, 0.29) is 0 Å². The Balaban J connectivity index is 1.46. The van der Waals surface area contributed by atoms with Gasteiger partial charge in [0.25, 0.3) is 0 Å². The molecule has 1 aliphatic heterocycles. The molecule has 0 aromatic heterocycles. The van der Waals surface area contributed by atoms with Crippen LogP contribution in [0.3, 0.4) is 0 Å². The topological polar surface area (TPSA) is 21.3 Å². The molecule has 2 nitrogen and oxygen atoms in total. The van der Waals surface area contributed by atoms with Gasteiger partial charge in [-0.05, 0) is 44.1 Å². The fraction of sp³-hybridized carbons (Fsp3) is 0.625. The second kappa shape index (κ2) is 5.41. The number of aryl methyl sites for hydroxylation is 1. The normalized spacial score (nSPS) is 28.9. The molecule has 1 aliphatic carbocycles. The largest absolute Gasteiger partial charge is 0.381 e. The first-order valence-corrected chi connectivity index (χ1v) is 7.21. The van der Waals surface area contributed by atoms with E-state index in [1.807, 2.05) is 0 Å². The number of hydrogen-bond donors (Lipinski definition) is 1. The van der Waals surface area contributed by atoms with Gasteiger partial charge in [0.05, 0.1) is 0 Å². The molecule has 1 N–H and O–H groups in total. The lowest BCUT2D eigenvalue weighted by atomic mass is 9.75. The fourth-order valence-corrected chi connectivity index (χ4v) is 3.06. The average molecular weight is 245 g/mol. The first kappa shape index (κ1) is 12.2. The van der Waals surface area contributed by atoms with E-state index in [9.17, 15) is 0 Å². The second-order valence-corrected chi connectivity index (χ2v) is 5.83. The zero-order chi connectivity index (χ0) is 12.4. The molecule has 0 radical (unpaired) electrons. The molecule has 1 saturated carbocycles. The summed E-state index contributed by atoms with van der Waals surface area (Å²) >= 11 is 0. The van der Waals surface area contributed by atoms with E-state index >= 15 is 0 Å². The first-order chi connectivity index (χ1) is 8.81. The van der Waals surface area contributed by atoms with Crippen LogP contribution in [0.15, 0.2) is 24.3 Å². The Kier molecular flexibility index (Phi) is 3.67. The van der Waals surface area contributed by atoms with Gasteiger partial charge in [-0.2, -0.15) is 0 Å². The zero-order valence-corrected chi connectivity index (χ0v) is 11.2. The minimum atomic E-state index is 0.697. The van der Waals surface area contributed by atoms with Crippen LogP contribution in [0.25, 0.3) is 0 Å². The fourth-order valence-electron chi connectivity index (χ4n) is 3.06. The molecule has 2 fully saturated rings. The van der Waals surface area contributed by atoms with Crippen LogP contribution in [0.4, 0.5) is 0 Å². The summed E-state index contributed by atoms with van der Waals surface area (Å²) in [5, 5.41) is 3.79. The minimum absolute atomic E-state index is 0.697. The summed E-state index contributed by atoms with van der Waals surface area (Å²) in [6, 6.07) is 10.5. The molecule has 0 unspecified atom stereocenters. The minimum Gasteiger partial charge on any atom is -0.381 e. The molecule has 1 heterocycles. The van der Waals surface area contributed by atoms with Crippen LogP contribution in [0.2, 0.25) is 0 Å².